The number of rotatable bonds is 6. The Morgan fingerprint density at radius 3 is 2.52 bits per heavy atom. The molecular weight excluding hydrogens is 416 g/mol. The van der Waals surface area contributed by atoms with E-state index in [0.29, 0.717) is 28.6 Å². The summed E-state index contributed by atoms with van der Waals surface area (Å²) in [6, 6.07) is 10.4. The maximum atomic E-state index is 9.30. The van der Waals surface area contributed by atoms with Crippen molar-refractivity contribution < 1.29 is 4.74 Å². The van der Waals surface area contributed by atoms with Gasteiger partial charge in [-0.25, -0.2) is 0 Å². The minimum absolute atomic E-state index is 0.0885. The Morgan fingerprint density at radius 2 is 1.88 bits per heavy atom. The minimum Gasteiger partial charge on any atom is -0.437 e. The highest BCUT2D eigenvalue weighted by Crippen LogP contribution is 2.67. The zero-order chi connectivity index (χ0) is 23.2. The molecule has 0 saturated heterocycles. The first-order valence-electron chi connectivity index (χ1n) is 10.6. The lowest BCUT2D eigenvalue weighted by atomic mass is 9.40. The summed E-state index contributed by atoms with van der Waals surface area (Å²) in [7, 11) is 0. The Hall–Kier alpha value is -4.42. The van der Waals surface area contributed by atoms with Gasteiger partial charge in [-0.1, -0.05) is 0 Å². The SMILES string of the molecule is Cc1cc(/C=C/C#N)cc(C)c1Oc1nc(NC23CC(C#N)(C2)C3)nc2nn(CC#N)cc12. The number of nitriles is 3. The van der Waals surface area contributed by atoms with Crippen LogP contribution in [-0.4, -0.2) is 25.3 Å². The molecule has 0 aliphatic heterocycles. The van der Waals surface area contributed by atoms with Crippen LogP contribution in [0.15, 0.2) is 24.4 Å². The minimum atomic E-state index is -0.194. The first-order valence-corrected chi connectivity index (χ1v) is 10.6. The first kappa shape index (κ1) is 20.5. The highest BCUT2D eigenvalue weighted by Gasteiger charge is 2.69. The van der Waals surface area contributed by atoms with Gasteiger partial charge in [0.15, 0.2) is 5.65 Å². The second-order valence-electron chi connectivity index (χ2n) is 8.95. The van der Waals surface area contributed by atoms with Crippen molar-refractivity contribution >= 4 is 23.1 Å². The third-order valence-electron chi connectivity index (χ3n) is 6.30. The highest BCUT2D eigenvalue weighted by atomic mass is 16.5. The molecular formula is C24H20N8O. The van der Waals surface area contributed by atoms with Crippen LogP contribution in [-0.2, 0) is 6.54 Å². The Balaban J connectivity index is 1.52. The van der Waals surface area contributed by atoms with E-state index in [9.17, 15) is 5.26 Å². The molecule has 2 heterocycles. The van der Waals surface area contributed by atoms with E-state index in [1.807, 2.05) is 32.0 Å². The van der Waals surface area contributed by atoms with Crippen LogP contribution in [0.4, 0.5) is 5.95 Å². The molecule has 6 rings (SSSR count). The van der Waals surface area contributed by atoms with Gasteiger partial charge in [-0.05, 0) is 68.0 Å². The van der Waals surface area contributed by atoms with Crippen molar-refractivity contribution in [3.63, 3.8) is 0 Å². The molecule has 162 valence electrons. The lowest BCUT2D eigenvalue weighted by Crippen LogP contribution is -2.70. The maximum absolute atomic E-state index is 9.30. The number of aromatic nitrogens is 4. The van der Waals surface area contributed by atoms with Crippen LogP contribution in [0.25, 0.3) is 17.1 Å². The molecule has 0 spiro atoms. The van der Waals surface area contributed by atoms with Crippen LogP contribution in [0.1, 0.15) is 36.0 Å². The molecule has 9 heteroatoms. The second kappa shape index (κ2) is 7.32. The molecule has 3 saturated carbocycles. The molecule has 9 nitrogen and oxygen atoms in total. The average Bonchev–Trinajstić information content (AvgIpc) is 3.13. The van der Waals surface area contributed by atoms with Gasteiger partial charge in [0.25, 0.3) is 0 Å². The summed E-state index contributed by atoms with van der Waals surface area (Å²) in [5.41, 5.74) is 2.80. The lowest BCUT2D eigenvalue weighted by Gasteiger charge is -2.66. The van der Waals surface area contributed by atoms with Crippen molar-refractivity contribution in [3.8, 4) is 29.8 Å². The molecule has 0 amide bonds. The quantitative estimate of drug-likeness (QED) is 0.569. The van der Waals surface area contributed by atoms with Crippen LogP contribution in [0.5, 0.6) is 11.6 Å². The Kier molecular flexibility index (Phi) is 4.55. The fourth-order valence-electron chi connectivity index (χ4n) is 4.96. The summed E-state index contributed by atoms with van der Waals surface area (Å²) >= 11 is 0. The van der Waals surface area contributed by atoms with Crippen LogP contribution >= 0.6 is 0 Å². The second-order valence-corrected chi connectivity index (χ2v) is 8.95. The lowest BCUT2D eigenvalue weighted by molar-refractivity contribution is -0.0665. The standard InChI is InChI=1S/C24H20N8O/c1-15-8-17(4-3-5-25)9-16(2)19(15)33-21-18-10-32(7-6-26)31-20(18)28-22(29-21)30-24-11-23(12-24,13-24)14-27/h3-4,8-10H,7,11-13H2,1-2H3,(H,28,30,31)/b4-3+. The third-order valence-corrected chi connectivity index (χ3v) is 6.30. The van der Waals surface area contributed by atoms with Crippen LogP contribution in [0, 0.1) is 53.3 Å². The third kappa shape index (κ3) is 3.43. The van der Waals surface area contributed by atoms with E-state index in [-0.39, 0.29) is 17.5 Å². The zero-order valence-electron chi connectivity index (χ0n) is 18.3. The van der Waals surface area contributed by atoms with Crippen LogP contribution in [0.3, 0.4) is 0 Å². The zero-order valence-corrected chi connectivity index (χ0v) is 18.3. The number of ether oxygens (including phenoxy) is 1. The predicted octanol–water partition coefficient (Wildman–Crippen LogP) is 4.15. The largest absolute Gasteiger partial charge is 0.437 e. The summed E-state index contributed by atoms with van der Waals surface area (Å²) in [5, 5.41) is 35.6. The van der Waals surface area contributed by atoms with Crippen molar-refractivity contribution in [2.45, 2.75) is 45.2 Å². The number of nitrogens with zero attached hydrogens (tertiary/aromatic N) is 7. The molecule has 0 unspecified atom stereocenters. The van der Waals surface area contributed by atoms with Gasteiger partial charge in [0.2, 0.25) is 11.8 Å². The van der Waals surface area contributed by atoms with E-state index in [2.05, 4.69) is 32.5 Å². The fourth-order valence-corrected chi connectivity index (χ4v) is 4.96. The van der Waals surface area contributed by atoms with E-state index in [1.54, 1.807) is 12.3 Å². The summed E-state index contributed by atoms with van der Waals surface area (Å²) in [4.78, 5) is 9.19. The first-order chi connectivity index (χ1) is 15.9. The number of aryl methyl sites for hydroxylation is 2. The van der Waals surface area contributed by atoms with Gasteiger partial charge in [0, 0.05) is 17.8 Å². The van der Waals surface area contributed by atoms with Crippen molar-refractivity contribution in [1.29, 1.82) is 15.8 Å². The number of fused-ring (bicyclic) bond motifs is 1. The van der Waals surface area contributed by atoms with Gasteiger partial charge in [0.1, 0.15) is 17.7 Å². The highest BCUT2D eigenvalue weighted by molar-refractivity contribution is 5.81. The van der Waals surface area contributed by atoms with Gasteiger partial charge >= 0.3 is 0 Å². The van der Waals surface area contributed by atoms with Crippen molar-refractivity contribution in [2.75, 3.05) is 5.32 Å². The molecule has 33 heavy (non-hydrogen) atoms. The molecule has 2 bridgehead atoms. The monoisotopic (exact) mass is 436 g/mol. The average molecular weight is 436 g/mol. The number of allylic oxidation sites excluding steroid dienone is 1. The molecule has 2 aromatic heterocycles. The van der Waals surface area contributed by atoms with Crippen molar-refractivity contribution in [3.05, 3.63) is 41.1 Å². The number of nitrogens with one attached hydrogen (secondary N) is 1. The van der Waals surface area contributed by atoms with E-state index < -0.39 is 0 Å². The summed E-state index contributed by atoms with van der Waals surface area (Å²) in [6.07, 6.45) is 7.24. The smallest absolute Gasteiger partial charge is 0.235 e. The maximum Gasteiger partial charge on any atom is 0.235 e. The molecule has 1 N–H and O–H groups in total. The van der Waals surface area contributed by atoms with E-state index >= 15 is 0 Å². The Bertz CT molecular complexity index is 1400. The molecule has 3 aliphatic rings. The summed E-state index contributed by atoms with van der Waals surface area (Å²) < 4.78 is 7.81. The van der Waals surface area contributed by atoms with E-state index in [0.717, 1.165) is 36.0 Å². The van der Waals surface area contributed by atoms with Gasteiger partial charge in [0.05, 0.1) is 23.6 Å². The Morgan fingerprint density at radius 1 is 1.15 bits per heavy atom. The molecule has 3 aromatic rings. The van der Waals surface area contributed by atoms with Gasteiger partial charge in [-0.3, -0.25) is 4.68 Å². The van der Waals surface area contributed by atoms with Gasteiger partial charge < -0.3 is 10.1 Å². The number of hydrogen-bond donors (Lipinski definition) is 1. The fraction of sp³-hybridized carbons (Fsp3) is 0.333. The molecule has 3 aliphatic carbocycles. The van der Waals surface area contributed by atoms with Crippen molar-refractivity contribution in [1.82, 2.24) is 19.7 Å². The Labute approximate surface area is 190 Å². The normalized spacial score (nSPS) is 22.6. The molecule has 1 aromatic carbocycles. The topological polar surface area (TPSA) is 136 Å². The molecule has 0 atom stereocenters. The summed E-state index contributed by atoms with van der Waals surface area (Å²) in [5.74, 6) is 1.41. The van der Waals surface area contributed by atoms with E-state index in [1.165, 1.54) is 10.8 Å². The van der Waals surface area contributed by atoms with Crippen molar-refractivity contribution in [2.24, 2.45) is 5.41 Å². The van der Waals surface area contributed by atoms with E-state index in [4.69, 9.17) is 15.3 Å². The number of anilines is 1. The van der Waals surface area contributed by atoms with Gasteiger partial charge in [-0.15, -0.1) is 0 Å². The van der Waals surface area contributed by atoms with Gasteiger partial charge in [-0.2, -0.15) is 30.9 Å². The number of hydrogen-bond acceptors (Lipinski definition) is 8. The number of benzene rings is 1. The summed E-state index contributed by atoms with van der Waals surface area (Å²) in [6.45, 7) is 3.96. The van der Waals surface area contributed by atoms with Crippen LogP contribution in [0.2, 0.25) is 0 Å². The van der Waals surface area contributed by atoms with Crippen LogP contribution < -0.4 is 10.1 Å². The molecule has 0 radical (unpaired) electrons. The predicted molar refractivity (Wildman–Crippen MR) is 120 cm³/mol. The molecule has 3 fully saturated rings.